The fourth-order valence-electron chi connectivity index (χ4n) is 2.60. The molecule has 0 heterocycles. The van der Waals surface area contributed by atoms with Crippen LogP contribution in [0.3, 0.4) is 0 Å². The molecule has 0 aliphatic heterocycles. The second kappa shape index (κ2) is 5.60. The van der Waals surface area contributed by atoms with Gasteiger partial charge in [-0.2, -0.15) is 0 Å². The van der Waals surface area contributed by atoms with E-state index < -0.39 is 6.04 Å². The van der Waals surface area contributed by atoms with E-state index in [1.165, 1.54) is 18.4 Å². The molecule has 3 N–H and O–H groups in total. The van der Waals surface area contributed by atoms with Crippen molar-refractivity contribution in [3.63, 3.8) is 0 Å². The Balaban J connectivity index is 1.81. The van der Waals surface area contributed by atoms with Crippen molar-refractivity contribution in [1.82, 2.24) is 0 Å². The number of amides is 1. The summed E-state index contributed by atoms with van der Waals surface area (Å²) in [6.45, 7) is 2.02. The number of hydrogen-bond donors (Lipinski definition) is 2. The average molecular weight is 280 g/mol. The van der Waals surface area contributed by atoms with Crippen LogP contribution in [0, 0.1) is 6.92 Å². The minimum Gasteiger partial charge on any atom is -0.370 e. The van der Waals surface area contributed by atoms with E-state index in [-0.39, 0.29) is 5.91 Å². The minimum absolute atomic E-state index is 0.365. The van der Waals surface area contributed by atoms with Crippen LogP contribution in [0.2, 0.25) is 0 Å². The van der Waals surface area contributed by atoms with Gasteiger partial charge in [0.25, 0.3) is 0 Å². The van der Waals surface area contributed by atoms with E-state index in [2.05, 4.69) is 17.4 Å². The first kappa shape index (κ1) is 13.7. The summed E-state index contributed by atoms with van der Waals surface area (Å²) in [6, 6.07) is 15.7. The highest BCUT2D eigenvalue weighted by Gasteiger charge is 2.24. The standard InChI is InChI=1S/C18H20N2O/c1-12-3-2-4-16(11-12)20-17(18(19)21)15-9-7-14(8-10-15)13-5-6-13/h2-4,7-11,13,17,20H,5-6H2,1H3,(H2,19,21). The molecule has 0 saturated heterocycles. The molecule has 3 heteroatoms. The van der Waals surface area contributed by atoms with Crippen LogP contribution < -0.4 is 11.1 Å². The Morgan fingerprint density at radius 1 is 1.19 bits per heavy atom. The summed E-state index contributed by atoms with van der Waals surface area (Å²) < 4.78 is 0. The van der Waals surface area contributed by atoms with Crippen LogP contribution in [0.4, 0.5) is 5.69 Å². The highest BCUT2D eigenvalue weighted by molar-refractivity contribution is 5.84. The molecule has 1 aliphatic rings. The first-order chi connectivity index (χ1) is 10.1. The molecular weight excluding hydrogens is 260 g/mol. The van der Waals surface area contributed by atoms with E-state index in [1.54, 1.807) is 0 Å². The van der Waals surface area contributed by atoms with Gasteiger partial charge in [0.1, 0.15) is 6.04 Å². The maximum Gasteiger partial charge on any atom is 0.244 e. The van der Waals surface area contributed by atoms with Gasteiger partial charge in [0.15, 0.2) is 0 Å². The van der Waals surface area contributed by atoms with Crippen molar-refractivity contribution in [2.24, 2.45) is 5.73 Å². The van der Waals surface area contributed by atoms with E-state index in [0.717, 1.165) is 22.7 Å². The largest absolute Gasteiger partial charge is 0.370 e. The molecule has 0 radical (unpaired) electrons. The van der Waals surface area contributed by atoms with E-state index in [1.807, 2.05) is 43.3 Å². The Labute approximate surface area is 125 Å². The van der Waals surface area contributed by atoms with Gasteiger partial charge in [-0.3, -0.25) is 4.79 Å². The summed E-state index contributed by atoms with van der Waals surface area (Å²) in [5, 5.41) is 3.23. The topological polar surface area (TPSA) is 55.1 Å². The fourth-order valence-corrected chi connectivity index (χ4v) is 2.60. The summed E-state index contributed by atoms with van der Waals surface area (Å²) in [4.78, 5) is 11.8. The van der Waals surface area contributed by atoms with Gasteiger partial charge in [-0.05, 0) is 54.5 Å². The van der Waals surface area contributed by atoms with Gasteiger partial charge in [0.05, 0.1) is 0 Å². The number of benzene rings is 2. The Morgan fingerprint density at radius 3 is 2.48 bits per heavy atom. The van der Waals surface area contributed by atoms with E-state index in [0.29, 0.717) is 0 Å². The number of hydrogen-bond acceptors (Lipinski definition) is 2. The van der Waals surface area contributed by atoms with Crippen molar-refractivity contribution in [2.75, 3.05) is 5.32 Å². The molecule has 1 amide bonds. The van der Waals surface area contributed by atoms with E-state index in [9.17, 15) is 4.79 Å². The van der Waals surface area contributed by atoms with Gasteiger partial charge in [-0.25, -0.2) is 0 Å². The Bertz CT molecular complexity index is 645. The number of anilines is 1. The summed E-state index contributed by atoms with van der Waals surface area (Å²) in [6.07, 6.45) is 2.56. The molecule has 0 bridgehead atoms. The maximum absolute atomic E-state index is 11.8. The number of nitrogens with one attached hydrogen (secondary N) is 1. The predicted octanol–water partition coefficient (Wildman–Crippen LogP) is 3.51. The molecule has 108 valence electrons. The Kier molecular flexibility index (Phi) is 3.65. The number of aryl methyl sites for hydroxylation is 1. The quantitative estimate of drug-likeness (QED) is 0.880. The van der Waals surface area contributed by atoms with Crippen molar-refractivity contribution >= 4 is 11.6 Å². The normalized spacial score (nSPS) is 15.5. The van der Waals surface area contributed by atoms with Gasteiger partial charge >= 0.3 is 0 Å². The molecule has 1 saturated carbocycles. The molecule has 2 aromatic rings. The van der Waals surface area contributed by atoms with Gasteiger partial charge in [-0.15, -0.1) is 0 Å². The monoisotopic (exact) mass is 280 g/mol. The van der Waals surface area contributed by atoms with Crippen LogP contribution >= 0.6 is 0 Å². The second-order valence-corrected chi connectivity index (χ2v) is 5.79. The summed E-state index contributed by atoms with van der Waals surface area (Å²) in [5.74, 6) is 0.353. The van der Waals surface area contributed by atoms with Crippen LogP contribution in [0.5, 0.6) is 0 Å². The lowest BCUT2D eigenvalue weighted by atomic mass is 10.0. The first-order valence-corrected chi connectivity index (χ1v) is 7.36. The molecule has 0 aromatic heterocycles. The third-order valence-corrected chi connectivity index (χ3v) is 3.93. The second-order valence-electron chi connectivity index (χ2n) is 5.79. The molecule has 0 spiro atoms. The summed E-state index contributed by atoms with van der Waals surface area (Å²) in [5.41, 5.74) is 9.89. The highest BCUT2D eigenvalue weighted by Crippen LogP contribution is 2.40. The molecule has 3 rings (SSSR count). The van der Waals surface area contributed by atoms with Gasteiger partial charge < -0.3 is 11.1 Å². The Morgan fingerprint density at radius 2 is 1.90 bits per heavy atom. The molecule has 1 atom stereocenters. The third kappa shape index (κ3) is 3.24. The fraction of sp³-hybridized carbons (Fsp3) is 0.278. The molecule has 3 nitrogen and oxygen atoms in total. The van der Waals surface area contributed by atoms with Crippen molar-refractivity contribution in [1.29, 1.82) is 0 Å². The van der Waals surface area contributed by atoms with Crippen LogP contribution in [0.1, 0.15) is 41.5 Å². The Hall–Kier alpha value is -2.29. The van der Waals surface area contributed by atoms with Crippen LogP contribution in [-0.4, -0.2) is 5.91 Å². The number of carbonyl (C=O) groups is 1. The lowest BCUT2D eigenvalue weighted by Crippen LogP contribution is -2.27. The molecule has 1 aliphatic carbocycles. The maximum atomic E-state index is 11.8. The van der Waals surface area contributed by atoms with Crippen LogP contribution in [0.25, 0.3) is 0 Å². The predicted molar refractivity (Wildman–Crippen MR) is 85.2 cm³/mol. The first-order valence-electron chi connectivity index (χ1n) is 7.36. The molecule has 1 unspecified atom stereocenters. The van der Waals surface area contributed by atoms with Crippen molar-refractivity contribution in [2.45, 2.75) is 31.7 Å². The number of rotatable bonds is 5. The smallest absolute Gasteiger partial charge is 0.244 e. The van der Waals surface area contributed by atoms with Gasteiger partial charge in [0.2, 0.25) is 5.91 Å². The van der Waals surface area contributed by atoms with Gasteiger partial charge in [0, 0.05) is 5.69 Å². The average Bonchev–Trinajstić information content (AvgIpc) is 3.29. The zero-order chi connectivity index (χ0) is 14.8. The van der Waals surface area contributed by atoms with Crippen LogP contribution in [-0.2, 0) is 4.79 Å². The molecule has 1 fully saturated rings. The van der Waals surface area contributed by atoms with E-state index >= 15 is 0 Å². The molecule has 2 aromatic carbocycles. The summed E-state index contributed by atoms with van der Waals surface area (Å²) in [7, 11) is 0. The SMILES string of the molecule is Cc1cccc(NC(C(N)=O)c2ccc(C3CC3)cc2)c1. The van der Waals surface area contributed by atoms with Crippen molar-refractivity contribution in [3.8, 4) is 0 Å². The summed E-state index contributed by atoms with van der Waals surface area (Å²) >= 11 is 0. The minimum atomic E-state index is -0.500. The molecule has 21 heavy (non-hydrogen) atoms. The number of nitrogens with two attached hydrogens (primary N) is 1. The lowest BCUT2D eigenvalue weighted by Gasteiger charge is -2.18. The van der Waals surface area contributed by atoms with Gasteiger partial charge in [-0.1, -0.05) is 36.4 Å². The van der Waals surface area contributed by atoms with E-state index in [4.69, 9.17) is 5.73 Å². The number of carbonyl (C=O) groups excluding carboxylic acids is 1. The van der Waals surface area contributed by atoms with Crippen molar-refractivity contribution < 1.29 is 4.79 Å². The lowest BCUT2D eigenvalue weighted by molar-refractivity contribution is -0.118. The zero-order valence-electron chi connectivity index (χ0n) is 12.2. The highest BCUT2D eigenvalue weighted by atomic mass is 16.1. The molecular formula is C18H20N2O. The third-order valence-electron chi connectivity index (χ3n) is 3.93. The van der Waals surface area contributed by atoms with Crippen molar-refractivity contribution in [3.05, 3.63) is 65.2 Å². The van der Waals surface area contributed by atoms with Crippen LogP contribution in [0.15, 0.2) is 48.5 Å². The zero-order valence-corrected chi connectivity index (χ0v) is 12.2. The number of primary amides is 1.